The maximum absolute atomic E-state index is 12.2. The number of carbonyl (C=O) groups is 1. The van der Waals surface area contributed by atoms with Crippen molar-refractivity contribution in [1.29, 1.82) is 0 Å². The van der Waals surface area contributed by atoms with Crippen molar-refractivity contribution < 1.29 is 22.5 Å². The summed E-state index contributed by atoms with van der Waals surface area (Å²) in [5, 5.41) is 6.19. The van der Waals surface area contributed by atoms with Gasteiger partial charge in [0.25, 0.3) is 5.91 Å². The molecule has 23 heavy (non-hydrogen) atoms. The molecule has 1 aromatic heterocycles. The van der Waals surface area contributed by atoms with E-state index in [0.29, 0.717) is 11.4 Å². The number of nitrogens with one attached hydrogen (secondary N) is 1. The molecule has 0 unspecified atom stereocenters. The van der Waals surface area contributed by atoms with Gasteiger partial charge in [-0.25, -0.2) is 12.7 Å². The third-order valence-corrected chi connectivity index (χ3v) is 4.86. The van der Waals surface area contributed by atoms with Crippen LogP contribution in [-0.2, 0) is 10.0 Å². The van der Waals surface area contributed by atoms with Crippen LogP contribution in [0.2, 0.25) is 0 Å². The molecule has 2 aromatic rings. The van der Waals surface area contributed by atoms with Crippen molar-refractivity contribution in [3.05, 3.63) is 35.7 Å². The number of aromatic nitrogens is 1. The number of hydrogen-bond donors (Lipinski definition) is 1. The lowest BCUT2D eigenvalue weighted by Crippen LogP contribution is -2.22. The molecule has 8 nitrogen and oxygen atoms in total. The highest BCUT2D eigenvalue weighted by atomic mass is 32.2. The molecule has 0 atom stereocenters. The summed E-state index contributed by atoms with van der Waals surface area (Å²) < 4.78 is 35.5. The molecular formula is C14H17N3O5S. The minimum atomic E-state index is -3.63. The molecule has 1 heterocycles. The van der Waals surface area contributed by atoms with Gasteiger partial charge in [-0.2, -0.15) is 0 Å². The maximum atomic E-state index is 12.2. The van der Waals surface area contributed by atoms with E-state index in [1.165, 1.54) is 45.5 Å². The highest BCUT2D eigenvalue weighted by Gasteiger charge is 2.21. The summed E-state index contributed by atoms with van der Waals surface area (Å²) >= 11 is 0. The number of benzene rings is 1. The number of carbonyl (C=O) groups excluding carboxylic acids is 1. The van der Waals surface area contributed by atoms with Gasteiger partial charge < -0.3 is 14.6 Å². The number of amides is 1. The fourth-order valence-corrected chi connectivity index (χ4v) is 2.74. The number of methoxy groups -OCH3 is 1. The Bertz CT molecular complexity index is 827. The molecule has 1 N–H and O–H groups in total. The molecule has 0 spiro atoms. The lowest BCUT2D eigenvalue weighted by Gasteiger charge is -2.14. The largest absolute Gasteiger partial charge is 0.495 e. The quantitative estimate of drug-likeness (QED) is 0.885. The fourth-order valence-electron chi connectivity index (χ4n) is 1.81. The van der Waals surface area contributed by atoms with E-state index in [4.69, 9.17) is 9.26 Å². The highest BCUT2D eigenvalue weighted by molar-refractivity contribution is 7.89. The Kier molecular flexibility index (Phi) is 4.71. The Morgan fingerprint density at radius 2 is 2.00 bits per heavy atom. The summed E-state index contributed by atoms with van der Waals surface area (Å²) in [4.78, 5) is 12.2. The smallest absolute Gasteiger partial charge is 0.294 e. The molecule has 9 heteroatoms. The molecule has 1 aromatic carbocycles. The minimum Gasteiger partial charge on any atom is -0.495 e. The second-order valence-electron chi connectivity index (χ2n) is 4.94. The first-order valence-corrected chi connectivity index (χ1v) is 8.05. The SMILES string of the molecule is COc1ccc(S(=O)(=O)N(C)C)cc1NC(=O)c1cc(C)no1. The molecule has 0 radical (unpaired) electrons. The molecule has 0 aliphatic rings. The zero-order chi connectivity index (χ0) is 17.2. The normalized spacial score (nSPS) is 11.5. The first-order chi connectivity index (χ1) is 10.8. The molecule has 0 aliphatic heterocycles. The predicted octanol–water partition coefficient (Wildman–Crippen LogP) is 1.49. The van der Waals surface area contributed by atoms with Crippen LogP contribution in [0.25, 0.3) is 0 Å². The van der Waals surface area contributed by atoms with Gasteiger partial charge in [0.1, 0.15) is 5.75 Å². The van der Waals surface area contributed by atoms with Crippen molar-refractivity contribution in [2.75, 3.05) is 26.5 Å². The highest BCUT2D eigenvalue weighted by Crippen LogP contribution is 2.28. The second kappa shape index (κ2) is 6.39. The lowest BCUT2D eigenvalue weighted by atomic mass is 10.2. The number of aryl methyl sites for hydroxylation is 1. The molecule has 1 amide bonds. The van der Waals surface area contributed by atoms with E-state index in [0.717, 1.165) is 4.31 Å². The maximum Gasteiger partial charge on any atom is 0.294 e. The summed E-state index contributed by atoms with van der Waals surface area (Å²) in [6.45, 7) is 1.69. The van der Waals surface area contributed by atoms with Crippen molar-refractivity contribution in [3.8, 4) is 5.75 Å². The molecular weight excluding hydrogens is 322 g/mol. The van der Waals surface area contributed by atoms with Crippen LogP contribution >= 0.6 is 0 Å². The molecule has 0 fully saturated rings. The number of ether oxygens (including phenoxy) is 1. The zero-order valence-corrected chi connectivity index (χ0v) is 14.0. The van der Waals surface area contributed by atoms with Crippen molar-refractivity contribution in [3.63, 3.8) is 0 Å². The molecule has 2 rings (SSSR count). The van der Waals surface area contributed by atoms with Gasteiger partial charge in [-0.3, -0.25) is 4.79 Å². The van der Waals surface area contributed by atoms with Crippen molar-refractivity contribution in [2.24, 2.45) is 0 Å². The second-order valence-corrected chi connectivity index (χ2v) is 7.09. The first-order valence-electron chi connectivity index (χ1n) is 6.61. The Morgan fingerprint density at radius 1 is 1.30 bits per heavy atom. The summed E-state index contributed by atoms with van der Waals surface area (Å²) in [7, 11) is 0.642. The van der Waals surface area contributed by atoms with Gasteiger partial charge >= 0.3 is 0 Å². The third kappa shape index (κ3) is 3.51. The Hall–Kier alpha value is -2.39. The van der Waals surface area contributed by atoms with Gasteiger partial charge in [-0.1, -0.05) is 5.16 Å². The van der Waals surface area contributed by atoms with E-state index in [1.54, 1.807) is 6.92 Å². The van der Waals surface area contributed by atoms with Gasteiger partial charge in [0.15, 0.2) is 0 Å². The molecule has 0 bridgehead atoms. The number of anilines is 1. The van der Waals surface area contributed by atoms with Crippen LogP contribution in [0.3, 0.4) is 0 Å². The van der Waals surface area contributed by atoms with E-state index < -0.39 is 15.9 Å². The average molecular weight is 339 g/mol. The van der Waals surface area contributed by atoms with Gasteiger partial charge in [0, 0.05) is 20.2 Å². The summed E-state index contributed by atoms with van der Waals surface area (Å²) in [5.41, 5.74) is 0.778. The van der Waals surface area contributed by atoms with Crippen molar-refractivity contribution in [2.45, 2.75) is 11.8 Å². The van der Waals surface area contributed by atoms with E-state index >= 15 is 0 Å². The predicted molar refractivity (Wildman–Crippen MR) is 83.1 cm³/mol. The van der Waals surface area contributed by atoms with Crippen LogP contribution in [0, 0.1) is 6.92 Å². The Morgan fingerprint density at radius 3 is 2.52 bits per heavy atom. The van der Waals surface area contributed by atoms with Gasteiger partial charge in [0.05, 0.1) is 23.4 Å². The van der Waals surface area contributed by atoms with E-state index in [-0.39, 0.29) is 16.3 Å². The van der Waals surface area contributed by atoms with Crippen LogP contribution in [0.4, 0.5) is 5.69 Å². The van der Waals surface area contributed by atoms with Crippen molar-refractivity contribution >= 4 is 21.6 Å². The van der Waals surface area contributed by atoms with E-state index in [9.17, 15) is 13.2 Å². The van der Waals surface area contributed by atoms with Gasteiger partial charge in [-0.05, 0) is 25.1 Å². The summed E-state index contributed by atoms with van der Waals surface area (Å²) in [5.74, 6) is -0.207. The van der Waals surface area contributed by atoms with Crippen molar-refractivity contribution in [1.82, 2.24) is 9.46 Å². The first kappa shape index (κ1) is 17.0. The molecule has 0 saturated heterocycles. The molecule has 0 saturated carbocycles. The van der Waals surface area contributed by atoms with E-state index in [2.05, 4.69) is 10.5 Å². The average Bonchev–Trinajstić information content (AvgIpc) is 2.93. The Balaban J connectivity index is 2.38. The topological polar surface area (TPSA) is 102 Å². The molecule has 0 aliphatic carbocycles. The summed E-state index contributed by atoms with van der Waals surface area (Å²) in [6, 6.07) is 5.68. The standard InChI is InChI=1S/C14H17N3O5S/c1-9-7-13(22-16-9)14(18)15-11-8-10(5-6-12(11)21-4)23(19,20)17(2)3/h5-8H,1-4H3,(H,15,18). The number of nitrogens with zero attached hydrogens (tertiary/aromatic N) is 2. The monoisotopic (exact) mass is 339 g/mol. The van der Waals surface area contributed by atoms with Crippen LogP contribution in [0.5, 0.6) is 5.75 Å². The zero-order valence-electron chi connectivity index (χ0n) is 13.2. The van der Waals surface area contributed by atoms with Crippen LogP contribution in [0.15, 0.2) is 33.7 Å². The number of rotatable bonds is 5. The third-order valence-electron chi connectivity index (χ3n) is 3.05. The summed E-state index contributed by atoms with van der Waals surface area (Å²) in [6.07, 6.45) is 0. The lowest BCUT2D eigenvalue weighted by molar-refractivity contribution is 0.0987. The van der Waals surface area contributed by atoms with E-state index in [1.807, 2.05) is 0 Å². The van der Waals surface area contributed by atoms with Crippen LogP contribution in [-0.4, -0.2) is 45.0 Å². The number of hydrogen-bond acceptors (Lipinski definition) is 6. The van der Waals surface area contributed by atoms with Gasteiger partial charge in [0.2, 0.25) is 15.8 Å². The van der Waals surface area contributed by atoms with Gasteiger partial charge in [-0.15, -0.1) is 0 Å². The Labute approximate surface area is 134 Å². The fraction of sp³-hybridized carbons (Fsp3) is 0.286. The minimum absolute atomic E-state index is 0.0189. The van der Waals surface area contributed by atoms with Crippen LogP contribution in [0.1, 0.15) is 16.2 Å². The number of sulfonamides is 1. The molecule has 124 valence electrons. The van der Waals surface area contributed by atoms with Crippen LogP contribution < -0.4 is 10.1 Å².